The highest BCUT2D eigenvalue weighted by atomic mass is 19.4. The maximum Gasteiger partial charge on any atom is 0.435 e. The normalized spacial score (nSPS) is 22.2. The maximum absolute atomic E-state index is 12.6. The first-order chi connectivity index (χ1) is 9.15. The molecule has 1 aliphatic heterocycles. The molecule has 2 heterocycles. The molecule has 0 amide bonds. The van der Waals surface area contributed by atoms with Crippen molar-refractivity contribution in [3.05, 3.63) is 18.0 Å². The van der Waals surface area contributed by atoms with Gasteiger partial charge in [0.2, 0.25) is 0 Å². The predicted octanol–water partition coefficient (Wildman–Crippen LogP) is 2.28. The van der Waals surface area contributed by atoms with Crippen LogP contribution in [0.25, 0.3) is 0 Å². The summed E-state index contributed by atoms with van der Waals surface area (Å²) in [5.74, 6) is 0. The highest BCUT2D eigenvalue weighted by molar-refractivity contribution is 5.04. The molecule has 2 N–H and O–H groups in total. The van der Waals surface area contributed by atoms with Crippen molar-refractivity contribution in [2.45, 2.75) is 44.4 Å². The van der Waals surface area contributed by atoms with Gasteiger partial charge in [-0.3, -0.25) is 9.58 Å². The molecule has 114 valence electrons. The topological polar surface area (TPSA) is 47.1 Å². The number of alkyl halides is 3. The number of likely N-dealkylation sites (tertiary alicyclic amines) is 1. The van der Waals surface area contributed by atoms with Crippen molar-refractivity contribution in [3.63, 3.8) is 0 Å². The maximum atomic E-state index is 12.6. The third-order valence-electron chi connectivity index (χ3n) is 3.38. The zero-order valence-electron chi connectivity index (χ0n) is 11.8. The van der Waals surface area contributed by atoms with E-state index in [1.54, 1.807) is 0 Å². The van der Waals surface area contributed by atoms with Crippen LogP contribution < -0.4 is 5.73 Å². The Labute approximate surface area is 116 Å². The summed E-state index contributed by atoms with van der Waals surface area (Å²) in [6.07, 6.45) is -1.16. The number of hydrogen-bond donors (Lipinski definition) is 1. The third kappa shape index (κ3) is 3.96. The van der Waals surface area contributed by atoms with E-state index in [-0.39, 0.29) is 11.6 Å². The van der Waals surface area contributed by atoms with Gasteiger partial charge in [0.05, 0.1) is 6.04 Å². The van der Waals surface area contributed by atoms with E-state index in [4.69, 9.17) is 5.73 Å². The van der Waals surface area contributed by atoms with Crippen molar-refractivity contribution < 1.29 is 13.2 Å². The molecular weight excluding hydrogens is 269 g/mol. The fraction of sp³-hybridized carbons (Fsp3) is 0.769. The Morgan fingerprint density at radius 2 is 2.10 bits per heavy atom. The van der Waals surface area contributed by atoms with Gasteiger partial charge in [0.25, 0.3) is 0 Å². The number of piperidine rings is 1. The molecule has 1 fully saturated rings. The number of rotatable bonds is 3. The van der Waals surface area contributed by atoms with E-state index in [2.05, 4.69) is 10.00 Å². The number of nitrogens with zero attached hydrogens (tertiary/aromatic N) is 3. The molecule has 0 radical (unpaired) electrons. The first-order valence-electron chi connectivity index (χ1n) is 6.79. The molecule has 1 unspecified atom stereocenters. The molecule has 1 saturated heterocycles. The lowest BCUT2D eigenvalue weighted by atomic mass is 10.0. The average Bonchev–Trinajstić information content (AvgIpc) is 2.75. The van der Waals surface area contributed by atoms with Crippen LogP contribution in [0, 0.1) is 0 Å². The minimum absolute atomic E-state index is 0.0119. The van der Waals surface area contributed by atoms with Crippen LogP contribution in [-0.2, 0) is 6.18 Å². The van der Waals surface area contributed by atoms with E-state index in [1.165, 1.54) is 10.9 Å². The Balaban J connectivity index is 2.04. The van der Waals surface area contributed by atoms with Gasteiger partial charge in [-0.05, 0) is 39.3 Å². The first kappa shape index (κ1) is 15.3. The van der Waals surface area contributed by atoms with Crippen molar-refractivity contribution in [3.8, 4) is 0 Å². The zero-order valence-corrected chi connectivity index (χ0v) is 11.8. The number of aromatic nitrogens is 2. The number of hydrogen-bond acceptors (Lipinski definition) is 3. The van der Waals surface area contributed by atoms with Crippen LogP contribution in [0.2, 0.25) is 0 Å². The molecular formula is C13H21F3N4. The quantitative estimate of drug-likeness (QED) is 0.929. The van der Waals surface area contributed by atoms with E-state index in [0.29, 0.717) is 6.54 Å². The molecule has 7 heteroatoms. The predicted molar refractivity (Wildman–Crippen MR) is 70.2 cm³/mol. The Morgan fingerprint density at radius 1 is 1.40 bits per heavy atom. The molecule has 0 bridgehead atoms. The van der Waals surface area contributed by atoms with Gasteiger partial charge in [-0.1, -0.05) is 0 Å². The smallest absolute Gasteiger partial charge is 0.324 e. The summed E-state index contributed by atoms with van der Waals surface area (Å²) < 4.78 is 39.1. The summed E-state index contributed by atoms with van der Waals surface area (Å²) in [5.41, 5.74) is 4.87. The van der Waals surface area contributed by atoms with E-state index in [1.807, 2.05) is 13.8 Å². The van der Waals surface area contributed by atoms with Crippen LogP contribution in [0.4, 0.5) is 13.2 Å². The second-order valence-electron chi connectivity index (χ2n) is 6.20. The second kappa shape index (κ2) is 5.37. The minimum Gasteiger partial charge on any atom is -0.324 e. The largest absolute Gasteiger partial charge is 0.435 e. The summed E-state index contributed by atoms with van der Waals surface area (Å²) in [5, 5.41) is 3.67. The molecule has 0 aromatic carbocycles. The third-order valence-corrected chi connectivity index (χ3v) is 3.38. The summed E-state index contributed by atoms with van der Waals surface area (Å²) in [6.45, 7) is 6.26. The Morgan fingerprint density at radius 3 is 2.65 bits per heavy atom. The molecule has 1 aromatic rings. The lowest BCUT2D eigenvalue weighted by molar-refractivity contribution is -0.141. The van der Waals surface area contributed by atoms with Crippen molar-refractivity contribution in [2.24, 2.45) is 5.73 Å². The molecule has 1 aliphatic rings. The van der Waals surface area contributed by atoms with Crippen LogP contribution in [0.5, 0.6) is 0 Å². The van der Waals surface area contributed by atoms with Gasteiger partial charge in [0.1, 0.15) is 0 Å². The highest BCUT2D eigenvalue weighted by Gasteiger charge is 2.34. The molecule has 20 heavy (non-hydrogen) atoms. The Bertz CT molecular complexity index is 447. The fourth-order valence-electron chi connectivity index (χ4n) is 2.66. The van der Waals surface area contributed by atoms with Crippen molar-refractivity contribution in [2.75, 3.05) is 19.6 Å². The van der Waals surface area contributed by atoms with Gasteiger partial charge in [0, 0.05) is 24.8 Å². The SMILES string of the molecule is CC(C)(N)CN1CCCC(n2ccc(C(F)(F)F)n2)C1. The molecule has 1 aromatic heterocycles. The number of nitrogens with two attached hydrogens (primary N) is 1. The molecule has 4 nitrogen and oxygen atoms in total. The van der Waals surface area contributed by atoms with Crippen LogP contribution >= 0.6 is 0 Å². The lowest BCUT2D eigenvalue weighted by Gasteiger charge is -2.36. The van der Waals surface area contributed by atoms with Gasteiger partial charge in [-0.15, -0.1) is 0 Å². The van der Waals surface area contributed by atoms with Crippen LogP contribution in [0.1, 0.15) is 38.4 Å². The van der Waals surface area contributed by atoms with Gasteiger partial charge in [0.15, 0.2) is 5.69 Å². The molecule has 2 rings (SSSR count). The number of halogens is 3. The molecule has 0 saturated carbocycles. The zero-order chi connectivity index (χ0) is 15.0. The van der Waals surface area contributed by atoms with Gasteiger partial charge < -0.3 is 5.73 Å². The molecule has 1 atom stereocenters. The summed E-state index contributed by atoms with van der Waals surface area (Å²) >= 11 is 0. The van der Waals surface area contributed by atoms with Gasteiger partial charge in [-0.2, -0.15) is 18.3 Å². The average molecular weight is 290 g/mol. The molecule has 0 aliphatic carbocycles. The van der Waals surface area contributed by atoms with Crippen molar-refractivity contribution >= 4 is 0 Å². The lowest BCUT2D eigenvalue weighted by Crippen LogP contribution is -2.48. The Kier molecular flexibility index (Phi) is 4.11. The van der Waals surface area contributed by atoms with Crippen LogP contribution in [0.15, 0.2) is 12.3 Å². The summed E-state index contributed by atoms with van der Waals surface area (Å²) in [7, 11) is 0. The molecule has 0 spiro atoms. The van der Waals surface area contributed by atoms with Crippen LogP contribution in [-0.4, -0.2) is 39.9 Å². The monoisotopic (exact) mass is 290 g/mol. The van der Waals surface area contributed by atoms with Crippen molar-refractivity contribution in [1.29, 1.82) is 0 Å². The highest BCUT2D eigenvalue weighted by Crippen LogP contribution is 2.29. The standard InChI is InChI=1S/C13H21F3N4/c1-12(2,17)9-19-6-3-4-10(8-19)20-7-5-11(18-20)13(14,15)16/h5,7,10H,3-4,6,8-9,17H2,1-2H3. The van der Waals surface area contributed by atoms with Crippen LogP contribution in [0.3, 0.4) is 0 Å². The second-order valence-corrected chi connectivity index (χ2v) is 6.20. The van der Waals surface area contributed by atoms with Gasteiger partial charge >= 0.3 is 6.18 Å². The summed E-state index contributed by atoms with van der Waals surface area (Å²) in [4.78, 5) is 2.20. The van der Waals surface area contributed by atoms with E-state index in [0.717, 1.165) is 32.0 Å². The van der Waals surface area contributed by atoms with E-state index < -0.39 is 11.9 Å². The van der Waals surface area contributed by atoms with Gasteiger partial charge in [-0.25, -0.2) is 0 Å². The van der Waals surface area contributed by atoms with E-state index in [9.17, 15) is 13.2 Å². The summed E-state index contributed by atoms with van der Waals surface area (Å²) in [6, 6.07) is 1.02. The van der Waals surface area contributed by atoms with Crippen molar-refractivity contribution in [1.82, 2.24) is 14.7 Å². The van der Waals surface area contributed by atoms with E-state index >= 15 is 0 Å². The first-order valence-corrected chi connectivity index (χ1v) is 6.79. The Hall–Kier alpha value is -1.08. The minimum atomic E-state index is -4.38. The fourth-order valence-corrected chi connectivity index (χ4v) is 2.66.